The zero-order valence-electron chi connectivity index (χ0n) is 7.95. The van der Waals surface area contributed by atoms with Crippen LogP contribution in [0.15, 0.2) is 30.3 Å². The van der Waals surface area contributed by atoms with Gasteiger partial charge in [0.05, 0.1) is 0 Å². The Balaban J connectivity index is 3.21. The number of halogens is 3. The maximum atomic E-state index is 12.9. The lowest BCUT2D eigenvalue weighted by Crippen LogP contribution is -2.53. The van der Waals surface area contributed by atoms with Crippen molar-refractivity contribution in [3.05, 3.63) is 35.9 Å². The summed E-state index contributed by atoms with van der Waals surface area (Å²) in [7, 11) is 0. The van der Waals surface area contributed by atoms with Crippen LogP contribution in [0.5, 0.6) is 0 Å². The molecule has 0 aromatic heterocycles. The predicted octanol–water partition coefficient (Wildman–Crippen LogP) is 2.16. The molecule has 0 aliphatic rings. The van der Waals surface area contributed by atoms with Crippen molar-refractivity contribution < 1.29 is 13.2 Å². The number of hydrogen-bond donors (Lipinski definition) is 3. The molecule has 16 heavy (non-hydrogen) atoms. The van der Waals surface area contributed by atoms with Crippen LogP contribution in [-0.2, 0) is 4.87 Å². The third-order valence-corrected chi connectivity index (χ3v) is 2.63. The fraction of sp³-hybridized carbons (Fsp3) is 0.222. The van der Waals surface area contributed by atoms with Crippen LogP contribution in [0.25, 0.3) is 0 Å². The zero-order chi connectivity index (χ0) is 12.4. The summed E-state index contributed by atoms with van der Waals surface area (Å²) in [4.78, 5) is -2.57. The normalized spacial score (nSPS) is 15.2. The molecule has 0 amide bonds. The molecule has 2 nitrogen and oxygen atoms in total. The minimum absolute atomic E-state index is 0.0707. The summed E-state index contributed by atoms with van der Waals surface area (Å²) < 4.78 is 38.7. The second-order valence-electron chi connectivity index (χ2n) is 3.06. The average Bonchev–Trinajstić information content (AvgIpc) is 2.16. The quantitative estimate of drug-likeness (QED) is 0.436. The van der Waals surface area contributed by atoms with Gasteiger partial charge in [0.2, 0.25) is 4.87 Å². The van der Waals surface area contributed by atoms with Gasteiger partial charge in [-0.1, -0.05) is 30.3 Å². The van der Waals surface area contributed by atoms with Crippen molar-refractivity contribution in [1.82, 2.24) is 5.32 Å². The number of hydrogen-bond acceptors (Lipinski definition) is 2. The third-order valence-electron chi connectivity index (χ3n) is 1.91. The summed E-state index contributed by atoms with van der Waals surface area (Å²) in [6, 6.07) is 7.16. The molecule has 1 rings (SSSR count). The van der Waals surface area contributed by atoms with Crippen LogP contribution in [-0.4, -0.2) is 11.3 Å². The minimum Gasteiger partial charge on any atom is -0.376 e. The molecular formula is C9H9F3N2S2. The van der Waals surface area contributed by atoms with Crippen LogP contribution >= 0.6 is 24.8 Å². The summed E-state index contributed by atoms with van der Waals surface area (Å²) in [5.41, 5.74) is 5.01. The van der Waals surface area contributed by atoms with Crippen LogP contribution < -0.4 is 11.1 Å². The van der Waals surface area contributed by atoms with E-state index in [1.54, 1.807) is 6.07 Å². The second kappa shape index (κ2) is 4.50. The summed E-state index contributed by atoms with van der Waals surface area (Å²) in [6.45, 7) is 0. The first kappa shape index (κ1) is 13.1. The molecule has 0 aliphatic heterocycles. The van der Waals surface area contributed by atoms with E-state index >= 15 is 0 Å². The Morgan fingerprint density at radius 3 is 2.12 bits per heavy atom. The number of thiocarbonyl (C=S) groups is 1. The number of nitrogens with two attached hydrogens (primary N) is 1. The first-order valence-corrected chi connectivity index (χ1v) is 5.05. The maximum Gasteiger partial charge on any atom is 0.425 e. The molecule has 0 aliphatic carbocycles. The Morgan fingerprint density at radius 1 is 1.25 bits per heavy atom. The van der Waals surface area contributed by atoms with E-state index < -0.39 is 16.2 Å². The zero-order valence-corrected chi connectivity index (χ0v) is 9.66. The lowest BCUT2D eigenvalue weighted by molar-refractivity contribution is -0.165. The molecule has 3 N–H and O–H groups in total. The van der Waals surface area contributed by atoms with Crippen molar-refractivity contribution >= 4 is 30.0 Å². The smallest absolute Gasteiger partial charge is 0.376 e. The summed E-state index contributed by atoms with van der Waals surface area (Å²) in [5.74, 6) is 0. The second-order valence-corrected chi connectivity index (χ2v) is 4.17. The maximum absolute atomic E-state index is 12.9. The minimum atomic E-state index is -4.62. The Labute approximate surface area is 101 Å². The highest BCUT2D eigenvalue weighted by Crippen LogP contribution is 2.41. The lowest BCUT2D eigenvalue weighted by atomic mass is 10.1. The van der Waals surface area contributed by atoms with Gasteiger partial charge in [-0.25, -0.2) is 0 Å². The molecule has 1 atom stereocenters. The van der Waals surface area contributed by atoms with Crippen LogP contribution in [0.3, 0.4) is 0 Å². The fourth-order valence-electron chi connectivity index (χ4n) is 1.16. The molecule has 0 saturated heterocycles. The Morgan fingerprint density at radius 2 is 1.75 bits per heavy atom. The van der Waals surface area contributed by atoms with E-state index in [1.165, 1.54) is 24.3 Å². The van der Waals surface area contributed by atoms with Crippen molar-refractivity contribution in [1.29, 1.82) is 0 Å². The molecule has 0 spiro atoms. The number of thiol groups is 1. The molecule has 88 valence electrons. The molecule has 0 radical (unpaired) electrons. The highest BCUT2D eigenvalue weighted by atomic mass is 32.1. The van der Waals surface area contributed by atoms with Gasteiger partial charge in [0.15, 0.2) is 5.11 Å². The van der Waals surface area contributed by atoms with Crippen molar-refractivity contribution in [3.8, 4) is 0 Å². The molecule has 0 heterocycles. The standard InChI is InChI=1S/C9H9F3N2S2/c10-9(11,12)8(16,14-7(13)15)6-4-2-1-3-5-6/h1-5,16H,(H3,13,14,15). The van der Waals surface area contributed by atoms with Gasteiger partial charge in [0, 0.05) is 0 Å². The predicted molar refractivity (Wildman–Crippen MR) is 63.1 cm³/mol. The molecule has 1 aromatic carbocycles. The molecule has 0 bridgehead atoms. The van der Waals surface area contributed by atoms with E-state index in [2.05, 4.69) is 24.8 Å². The molecule has 7 heteroatoms. The van der Waals surface area contributed by atoms with Crippen molar-refractivity contribution in [2.45, 2.75) is 11.0 Å². The topological polar surface area (TPSA) is 38.0 Å². The van der Waals surface area contributed by atoms with Crippen molar-refractivity contribution in [2.75, 3.05) is 0 Å². The van der Waals surface area contributed by atoms with Crippen LogP contribution in [0.1, 0.15) is 5.56 Å². The fourth-order valence-corrected chi connectivity index (χ4v) is 1.66. The summed E-state index contributed by atoms with van der Waals surface area (Å²) in [6.07, 6.45) is -4.62. The van der Waals surface area contributed by atoms with Crippen molar-refractivity contribution in [2.24, 2.45) is 5.73 Å². The van der Waals surface area contributed by atoms with E-state index in [4.69, 9.17) is 5.73 Å². The molecule has 1 unspecified atom stereocenters. The monoisotopic (exact) mass is 266 g/mol. The number of rotatable bonds is 2. The van der Waals surface area contributed by atoms with Gasteiger partial charge in [-0.3, -0.25) is 0 Å². The molecule has 0 saturated carbocycles. The first-order valence-electron chi connectivity index (χ1n) is 4.19. The highest BCUT2D eigenvalue weighted by molar-refractivity contribution is 7.82. The Bertz CT molecular complexity index is 380. The molecule has 1 aromatic rings. The Kier molecular flexibility index (Phi) is 3.69. The number of benzene rings is 1. The highest BCUT2D eigenvalue weighted by Gasteiger charge is 2.54. The Hall–Kier alpha value is -0.950. The van der Waals surface area contributed by atoms with Crippen LogP contribution in [0.4, 0.5) is 13.2 Å². The first-order chi connectivity index (χ1) is 7.27. The van der Waals surface area contributed by atoms with E-state index in [0.717, 1.165) is 0 Å². The van der Waals surface area contributed by atoms with Gasteiger partial charge in [-0.05, 0) is 17.8 Å². The van der Waals surface area contributed by atoms with Gasteiger partial charge in [-0.2, -0.15) is 13.2 Å². The van der Waals surface area contributed by atoms with Gasteiger partial charge in [0.1, 0.15) is 0 Å². The summed E-state index contributed by atoms with van der Waals surface area (Å²) >= 11 is 8.05. The van der Waals surface area contributed by atoms with Crippen LogP contribution in [0.2, 0.25) is 0 Å². The van der Waals surface area contributed by atoms with Gasteiger partial charge >= 0.3 is 6.18 Å². The van der Waals surface area contributed by atoms with Gasteiger partial charge in [0.25, 0.3) is 0 Å². The lowest BCUT2D eigenvalue weighted by Gasteiger charge is -2.32. The average molecular weight is 266 g/mol. The van der Waals surface area contributed by atoms with E-state index in [9.17, 15) is 13.2 Å². The van der Waals surface area contributed by atoms with E-state index in [-0.39, 0.29) is 5.56 Å². The largest absolute Gasteiger partial charge is 0.425 e. The summed E-state index contributed by atoms with van der Waals surface area (Å²) in [5, 5.41) is 1.50. The SMILES string of the molecule is NC(=S)NC(S)(c1ccccc1)C(F)(F)F. The molecule has 0 fully saturated rings. The third kappa shape index (κ3) is 2.59. The van der Waals surface area contributed by atoms with Gasteiger partial charge in [-0.15, -0.1) is 12.6 Å². The number of alkyl halides is 3. The van der Waals surface area contributed by atoms with Crippen molar-refractivity contribution in [3.63, 3.8) is 0 Å². The van der Waals surface area contributed by atoms with E-state index in [0.29, 0.717) is 0 Å². The number of nitrogens with one attached hydrogen (secondary N) is 1. The van der Waals surface area contributed by atoms with Crippen LogP contribution in [0, 0.1) is 0 Å². The van der Waals surface area contributed by atoms with E-state index in [1.807, 2.05) is 5.32 Å². The van der Waals surface area contributed by atoms with Gasteiger partial charge < -0.3 is 11.1 Å². The molecular weight excluding hydrogens is 257 g/mol.